The molecule has 14 heteroatoms. The quantitative estimate of drug-likeness (QED) is 0.257. The Morgan fingerprint density at radius 3 is 2.17 bits per heavy atom. The molecule has 0 bridgehead atoms. The molecule has 1 amide bonds. The highest BCUT2D eigenvalue weighted by molar-refractivity contribution is 6.39. The molecule has 0 radical (unpaired) electrons. The van der Waals surface area contributed by atoms with Crippen molar-refractivity contribution in [3.63, 3.8) is 0 Å². The maximum atomic E-state index is 15.8. The van der Waals surface area contributed by atoms with Gasteiger partial charge in [-0.15, -0.1) is 0 Å². The van der Waals surface area contributed by atoms with Gasteiger partial charge < -0.3 is 10.0 Å². The highest BCUT2D eigenvalue weighted by Gasteiger charge is 2.46. The monoisotopic (exact) mass is 620 g/mol. The molecule has 0 unspecified atom stereocenters. The molecule has 2 aromatic rings. The Labute approximate surface area is 244 Å². The van der Waals surface area contributed by atoms with Crippen molar-refractivity contribution in [1.82, 2.24) is 19.7 Å². The van der Waals surface area contributed by atoms with Crippen molar-refractivity contribution >= 4 is 40.9 Å². The van der Waals surface area contributed by atoms with Gasteiger partial charge in [0.2, 0.25) is 0 Å². The molecule has 41 heavy (non-hydrogen) atoms. The van der Waals surface area contributed by atoms with Gasteiger partial charge in [-0.2, -0.15) is 18.3 Å². The van der Waals surface area contributed by atoms with E-state index in [4.69, 9.17) is 23.2 Å². The van der Waals surface area contributed by atoms with E-state index in [1.54, 1.807) is 6.92 Å². The Balaban J connectivity index is 1.69. The lowest BCUT2D eigenvalue weighted by atomic mass is 9.74. The molecule has 2 aromatic heterocycles. The molecule has 2 fully saturated rings. The van der Waals surface area contributed by atoms with E-state index in [1.165, 1.54) is 0 Å². The average Bonchev–Trinajstić information content (AvgIpc) is 3.34. The molecule has 2 saturated carbocycles. The highest BCUT2D eigenvalue weighted by Crippen LogP contribution is 2.44. The number of Topliss-reactive ketones (excluding diaryl/α,β-unsaturated/α-hetero) is 1. The number of carbonyl (C=O) groups is 3. The molecule has 0 atom stereocenters. The molecule has 2 aliphatic rings. The first-order valence-corrected chi connectivity index (χ1v) is 14.1. The van der Waals surface area contributed by atoms with Gasteiger partial charge >= 0.3 is 12.1 Å². The summed E-state index contributed by atoms with van der Waals surface area (Å²) < 4.78 is 59.9. The number of alkyl halides is 4. The first kappa shape index (κ1) is 31.2. The zero-order valence-corrected chi connectivity index (χ0v) is 23.8. The average molecular weight is 621 g/mol. The fraction of sp³-hybridized carbons (Fsp3) is 0.593. The van der Waals surface area contributed by atoms with E-state index in [1.807, 2.05) is 0 Å². The van der Waals surface area contributed by atoms with Crippen molar-refractivity contribution in [2.75, 3.05) is 13.1 Å². The molecule has 4 rings (SSSR count). The van der Waals surface area contributed by atoms with E-state index < -0.39 is 65.3 Å². The van der Waals surface area contributed by atoms with Gasteiger partial charge in [0.15, 0.2) is 11.5 Å². The maximum Gasteiger partial charge on any atom is 0.433 e. The van der Waals surface area contributed by atoms with E-state index in [0.29, 0.717) is 12.8 Å². The number of hydrogen-bond acceptors (Lipinski definition) is 5. The molecule has 1 N–H and O–H groups in total. The fourth-order valence-electron chi connectivity index (χ4n) is 5.76. The third-order valence-corrected chi connectivity index (χ3v) is 8.77. The first-order chi connectivity index (χ1) is 19.2. The molecule has 0 saturated heterocycles. The Hall–Kier alpha value is -2.73. The van der Waals surface area contributed by atoms with Crippen LogP contribution in [0.2, 0.25) is 10.0 Å². The minimum atomic E-state index is -5.01. The van der Waals surface area contributed by atoms with Crippen LogP contribution < -0.4 is 0 Å². The van der Waals surface area contributed by atoms with Crippen LogP contribution in [0, 0.1) is 5.41 Å². The second kappa shape index (κ2) is 11.9. The van der Waals surface area contributed by atoms with Crippen molar-refractivity contribution in [2.45, 2.75) is 82.6 Å². The normalized spacial score (nSPS) is 22.8. The molecule has 0 aliphatic heterocycles. The van der Waals surface area contributed by atoms with Gasteiger partial charge in [0.1, 0.15) is 5.67 Å². The van der Waals surface area contributed by atoms with Crippen LogP contribution >= 0.6 is 23.2 Å². The van der Waals surface area contributed by atoms with Crippen molar-refractivity contribution in [2.24, 2.45) is 5.41 Å². The van der Waals surface area contributed by atoms with E-state index >= 15 is 4.39 Å². The number of amides is 1. The number of nitrogens with zero attached hydrogens (tertiary/aromatic N) is 4. The molecule has 0 spiro atoms. The van der Waals surface area contributed by atoms with Crippen molar-refractivity contribution in [3.8, 4) is 0 Å². The molecule has 224 valence electrons. The number of carboxylic acid groups (broad SMARTS) is 1. The van der Waals surface area contributed by atoms with Gasteiger partial charge in [0.25, 0.3) is 5.91 Å². The third kappa shape index (κ3) is 6.69. The SMILES string of the molecule is CC1(C(=O)O)CCC(n2ncc(C(=O)N(CC(=O)c3c(Cl)cncc3Cl)CC3(F)CCCCC3)c2C(F)(F)F)CC1. The number of aromatic nitrogens is 3. The summed E-state index contributed by atoms with van der Waals surface area (Å²) in [7, 11) is 0. The molecule has 2 heterocycles. The smallest absolute Gasteiger partial charge is 0.433 e. The van der Waals surface area contributed by atoms with Gasteiger partial charge in [0.05, 0.1) is 51.9 Å². The number of aliphatic carboxylic acids is 1. The fourth-order valence-corrected chi connectivity index (χ4v) is 6.34. The summed E-state index contributed by atoms with van der Waals surface area (Å²) in [6, 6.07) is -0.795. The van der Waals surface area contributed by atoms with E-state index in [-0.39, 0.29) is 54.1 Å². The highest BCUT2D eigenvalue weighted by atomic mass is 35.5. The van der Waals surface area contributed by atoms with E-state index in [9.17, 15) is 32.7 Å². The molecular weight excluding hydrogens is 591 g/mol. The van der Waals surface area contributed by atoms with Crippen LogP contribution in [0.25, 0.3) is 0 Å². The summed E-state index contributed by atoms with van der Waals surface area (Å²) in [5.41, 5.74) is -5.27. The van der Waals surface area contributed by atoms with Crippen molar-refractivity contribution in [1.29, 1.82) is 0 Å². The standard InChI is InChI=1S/C27H30Cl2F4N4O4/c1-25(24(40)41)9-5-16(6-10-25)37-22(27(31,32)33)17(11-35-37)23(39)36(15-26(30)7-3-2-4-8-26)14-20(38)21-18(28)12-34-13-19(21)29/h11-13,16H,2-10,14-15H2,1H3,(H,40,41). The van der Waals surface area contributed by atoms with Crippen molar-refractivity contribution < 1.29 is 37.1 Å². The largest absolute Gasteiger partial charge is 0.481 e. The van der Waals surface area contributed by atoms with Gasteiger partial charge in [-0.05, 0) is 45.4 Å². The van der Waals surface area contributed by atoms with Crippen LogP contribution in [-0.2, 0) is 11.0 Å². The van der Waals surface area contributed by atoms with E-state index in [0.717, 1.165) is 34.6 Å². The summed E-state index contributed by atoms with van der Waals surface area (Å²) in [6.45, 7) is 0.181. The van der Waals surface area contributed by atoms with Crippen LogP contribution in [0.1, 0.15) is 97.2 Å². The lowest BCUT2D eigenvalue weighted by Gasteiger charge is -2.35. The zero-order chi connectivity index (χ0) is 30.2. The van der Waals surface area contributed by atoms with Gasteiger partial charge in [0, 0.05) is 12.4 Å². The maximum absolute atomic E-state index is 15.8. The number of ketones is 1. The number of pyridine rings is 1. The van der Waals surface area contributed by atoms with Crippen LogP contribution in [-0.4, -0.2) is 61.2 Å². The van der Waals surface area contributed by atoms with E-state index in [2.05, 4.69) is 10.1 Å². The number of hydrogen-bond donors (Lipinski definition) is 1. The molecule has 2 aliphatic carbocycles. The van der Waals surface area contributed by atoms with Crippen LogP contribution in [0.4, 0.5) is 17.6 Å². The number of carboxylic acids is 1. The second-order valence-electron chi connectivity index (χ2n) is 11.2. The van der Waals surface area contributed by atoms with Crippen LogP contribution in [0.15, 0.2) is 18.6 Å². The summed E-state index contributed by atoms with van der Waals surface area (Å²) in [5, 5.41) is 13.2. The predicted octanol–water partition coefficient (Wildman–Crippen LogP) is 6.81. The molecule has 0 aromatic carbocycles. The van der Waals surface area contributed by atoms with Crippen molar-refractivity contribution in [3.05, 3.63) is 45.5 Å². The van der Waals surface area contributed by atoms with Gasteiger partial charge in [-0.25, -0.2) is 4.39 Å². The minimum absolute atomic E-state index is 0.0948. The first-order valence-electron chi connectivity index (χ1n) is 13.3. The number of carbonyl (C=O) groups excluding carboxylic acids is 2. The Kier molecular flexibility index (Phi) is 9.04. The molecular formula is C27H30Cl2F4N4O4. The predicted molar refractivity (Wildman–Crippen MR) is 142 cm³/mol. The summed E-state index contributed by atoms with van der Waals surface area (Å²) in [4.78, 5) is 43.1. The summed E-state index contributed by atoms with van der Waals surface area (Å²) >= 11 is 12.2. The van der Waals surface area contributed by atoms with Crippen LogP contribution in [0.3, 0.4) is 0 Å². The summed E-state index contributed by atoms with van der Waals surface area (Å²) in [5.74, 6) is -3.01. The Bertz CT molecular complexity index is 1300. The van der Waals surface area contributed by atoms with Gasteiger partial charge in [-0.1, -0.05) is 42.5 Å². The van der Waals surface area contributed by atoms with Gasteiger partial charge in [-0.3, -0.25) is 24.0 Å². The molecule has 8 nitrogen and oxygen atoms in total. The Morgan fingerprint density at radius 1 is 1.05 bits per heavy atom. The van der Waals surface area contributed by atoms with Crippen LogP contribution in [0.5, 0.6) is 0 Å². The second-order valence-corrected chi connectivity index (χ2v) is 12.0. The minimum Gasteiger partial charge on any atom is -0.481 e. The lowest BCUT2D eigenvalue weighted by molar-refractivity contribution is -0.152. The lowest BCUT2D eigenvalue weighted by Crippen LogP contribution is -2.46. The summed E-state index contributed by atoms with van der Waals surface area (Å²) in [6.07, 6.45) is 0.625. The Morgan fingerprint density at radius 2 is 1.63 bits per heavy atom. The number of rotatable bonds is 8. The topological polar surface area (TPSA) is 105 Å². The zero-order valence-electron chi connectivity index (χ0n) is 22.3. The number of halogens is 6. The third-order valence-electron chi connectivity index (χ3n) is 8.19.